The molecular weight excluding hydrogens is 265 g/mol. The summed E-state index contributed by atoms with van der Waals surface area (Å²) in [6.45, 7) is 0.435. The van der Waals surface area contributed by atoms with Crippen molar-refractivity contribution in [3.8, 4) is 16.9 Å². The average Bonchev–Trinajstić information content (AvgIpc) is 2.54. The lowest BCUT2D eigenvalue weighted by atomic mass is 10.0. The quantitative estimate of drug-likeness (QED) is 0.657. The number of benzene rings is 2. The molecule has 2 nitrogen and oxygen atoms in total. The van der Waals surface area contributed by atoms with Gasteiger partial charge in [0, 0.05) is 12.3 Å². The Balaban J connectivity index is 1.86. The van der Waals surface area contributed by atoms with Gasteiger partial charge in [-0.3, -0.25) is 0 Å². The Morgan fingerprint density at radius 3 is 2.48 bits per heavy atom. The molecule has 0 atom stereocenters. The van der Waals surface area contributed by atoms with E-state index in [-0.39, 0.29) is 0 Å². The minimum Gasteiger partial charge on any atom is -0.489 e. The molecule has 0 spiro atoms. The van der Waals surface area contributed by atoms with Crippen LogP contribution in [0.5, 0.6) is 5.75 Å². The Bertz CT molecular complexity index is 728. The molecule has 0 unspecified atom stereocenters. The van der Waals surface area contributed by atoms with Crippen molar-refractivity contribution in [2.45, 2.75) is 6.61 Å². The maximum Gasteiger partial charge on any atom is 0.213 e. The van der Waals surface area contributed by atoms with Gasteiger partial charge in [0.25, 0.3) is 0 Å². The standard InChI is InChI=1S/C18H14FNO/c19-18-12-14(10-11-20-18)17-9-5-4-6-15(17)13-21-16-7-2-1-3-8-16/h1-12H,13H2. The lowest BCUT2D eigenvalue weighted by molar-refractivity contribution is 0.307. The molecule has 1 heterocycles. The first kappa shape index (κ1) is 13.3. The molecule has 0 saturated carbocycles. The number of ether oxygens (including phenoxy) is 1. The molecule has 0 aliphatic carbocycles. The molecular formula is C18H14FNO. The zero-order valence-corrected chi connectivity index (χ0v) is 11.4. The molecule has 0 aliphatic heterocycles. The van der Waals surface area contributed by atoms with Crippen molar-refractivity contribution in [2.24, 2.45) is 0 Å². The van der Waals surface area contributed by atoms with E-state index in [9.17, 15) is 4.39 Å². The van der Waals surface area contributed by atoms with E-state index in [1.807, 2.05) is 54.6 Å². The number of hydrogen-bond donors (Lipinski definition) is 0. The molecule has 0 N–H and O–H groups in total. The van der Waals surface area contributed by atoms with Crippen molar-refractivity contribution in [3.63, 3.8) is 0 Å². The van der Waals surface area contributed by atoms with Gasteiger partial charge >= 0.3 is 0 Å². The summed E-state index contributed by atoms with van der Waals surface area (Å²) in [5, 5.41) is 0. The number of para-hydroxylation sites is 1. The highest BCUT2D eigenvalue weighted by molar-refractivity contribution is 5.66. The van der Waals surface area contributed by atoms with Crippen LogP contribution in [0.25, 0.3) is 11.1 Å². The largest absolute Gasteiger partial charge is 0.489 e. The van der Waals surface area contributed by atoms with E-state index >= 15 is 0 Å². The molecule has 3 rings (SSSR count). The van der Waals surface area contributed by atoms with Gasteiger partial charge in [0.05, 0.1) is 0 Å². The van der Waals surface area contributed by atoms with E-state index in [2.05, 4.69) is 4.98 Å². The van der Waals surface area contributed by atoms with Crippen LogP contribution < -0.4 is 4.74 Å². The minimum atomic E-state index is -0.480. The molecule has 0 saturated heterocycles. The number of hydrogen-bond acceptors (Lipinski definition) is 2. The van der Waals surface area contributed by atoms with Crippen molar-refractivity contribution in [3.05, 3.63) is 84.4 Å². The Morgan fingerprint density at radius 2 is 1.67 bits per heavy atom. The fourth-order valence-electron chi connectivity index (χ4n) is 2.18. The van der Waals surface area contributed by atoms with E-state index in [1.54, 1.807) is 6.07 Å². The molecule has 21 heavy (non-hydrogen) atoms. The molecule has 0 aliphatic rings. The number of rotatable bonds is 4. The molecule has 3 heteroatoms. The van der Waals surface area contributed by atoms with Crippen LogP contribution in [-0.4, -0.2) is 4.98 Å². The van der Waals surface area contributed by atoms with E-state index < -0.39 is 5.95 Å². The predicted molar refractivity (Wildman–Crippen MR) is 80.4 cm³/mol. The van der Waals surface area contributed by atoms with Crippen molar-refractivity contribution in [1.29, 1.82) is 0 Å². The van der Waals surface area contributed by atoms with Crippen LogP contribution in [-0.2, 0) is 6.61 Å². The van der Waals surface area contributed by atoms with Crippen LogP contribution in [0, 0.1) is 5.95 Å². The fourth-order valence-corrected chi connectivity index (χ4v) is 2.18. The third kappa shape index (κ3) is 3.26. The third-order valence-corrected chi connectivity index (χ3v) is 3.19. The predicted octanol–water partition coefficient (Wildman–Crippen LogP) is 4.47. The maximum atomic E-state index is 13.3. The average molecular weight is 279 g/mol. The third-order valence-electron chi connectivity index (χ3n) is 3.19. The zero-order valence-electron chi connectivity index (χ0n) is 11.4. The van der Waals surface area contributed by atoms with Gasteiger partial charge in [0.1, 0.15) is 12.4 Å². The normalized spacial score (nSPS) is 10.3. The number of halogens is 1. The molecule has 0 amide bonds. The van der Waals surface area contributed by atoms with Crippen molar-refractivity contribution < 1.29 is 9.13 Å². The van der Waals surface area contributed by atoms with Crippen LogP contribution in [0.2, 0.25) is 0 Å². The van der Waals surface area contributed by atoms with Gasteiger partial charge in [-0.25, -0.2) is 4.98 Å². The van der Waals surface area contributed by atoms with Crippen molar-refractivity contribution in [2.75, 3.05) is 0 Å². The van der Waals surface area contributed by atoms with E-state index in [0.717, 1.165) is 22.4 Å². The van der Waals surface area contributed by atoms with Gasteiger partial charge in [-0.2, -0.15) is 4.39 Å². The van der Waals surface area contributed by atoms with Gasteiger partial charge in [0.2, 0.25) is 5.95 Å². The summed E-state index contributed by atoms with van der Waals surface area (Å²) in [6, 6.07) is 20.7. The first-order valence-electron chi connectivity index (χ1n) is 6.70. The molecule has 3 aromatic rings. The van der Waals surface area contributed by atoms with E-state index in [1.165, 1.54) is 12.3 Å². The first-order valence-corrected chi connectivity index (χ1v) is 6.70. The van der Waals surface area contributed by atoms with Crippen molar-refractivity contribution in [1.82, 2.24) is 4.98 Å². The van der Waals surface area contributed by atoms with Crippen LogP contribution in [0.4, 0.5) is 4.39 Å². The molecule has 2 aromatic carbocycles. The van der Waals surface area contributed by atoms with Crippen LogP contribution in [0.3, 0.4) is 0 Å². The number of nitrogens with zero attached hydrogens (tertiary/aromatic N) is 1. The summed E-state index contributed by atoms with van der Waals surface area (Å²) in [7, 11) is 0. The van der Waals surface area contributed by atoms with Crippen LogP contribution in [0.1, 0.15) is 5.56 Å². The summed E-state index contributed by atoms with van der Waals surface area (Å²) in [5.41, 5.74) is 2.76. The van der Waals surface area contributed by atoms with Gasteiger partial charge in [0.15, 0.2) is 0 Å². The monoisotopic (exact) mass is 279 g/mol. The SMILES string of the molecule is Fc1cc(-c2ccccc2COc2ccccc2)ccn1. The topological polar surface area (TPSA) is 22.1 Å². The Labute approximate surface area is 122 Å². The summed E-state index contributed by atoms with van der Waals surface area (Å²) in [5.74, 6) is 0.333. The number of pyridine rings is 1. The van der Waals surface area contributed by atoms with E-state index in [0.29, 0.717) is 6.61 Å². The maximum absolute atomic E-state index is 13.3. The van der Waals surface area contributed by atoms with Crippen molar-refractivity contribution >= 4 is 0 Å². The summed E-state index contributed by atoms with van der Waals surface area (Å²) in [4.78, 5) is 3.59. The molecule has 104 valence electrons. The van der Waals surface area contributed by atoms with Crippen LogP contribution in [0.15, 0.2) is 72.9 Å². The lowest BCUT2D eigenvalue weighted by Gasteiger charge is -2.11. The molecule has 0 fully saturated rings. The second-order valence-electron chi connectivity index (χ2n) is 4.63. The highest BCUT2D eigenvalue weighted by Gasteiger charge is 2.06. The highest BCUT2D eigenvalue weighted by atomic mass is 19.1. The highest BCUT2D eigenvalue weighted by Crippen LogP contribution is 2.25. The van der Waals surface area contributed by atoms with E-state index in [4.69, 9.17) is 4.74 Å². The summed E-state index contributed by atoms with van der Waals surface area (Å²) >= 11 is 0. The second kappa shape index (κ2) is 6.18. The zero-order chi connectivity index (χ0) is 14.5. The van der Waals surface area contributed by atoms with Gasteiger partial charge < -0.3 is 4.74 Å². The van der Waals surface area contributed by atoms with Gasteiger partial charge in [-0.15, -0.1) is 0 Å². The molecule has 1 aromatic heterocycles. The fraction of sp³-hybridized carbons (Fsp3) is 0.0556. The lowest BCUT2D eigenvalue weighted by Crippen LogP contribution is -1.98. The van der Waals surface area contributed by atoms with Gasteiger partial charge in [-0.05, 0) is 34.9 Å². The Morgan fingerprint density at radius 1 is 0.905 bits per heavy atom. The second-order valence-corrected chi connectivity index (χ2v) is 4.63. The first-order chi connectivity index (χ1) is 10.3. The smallest absolute Gasteiger partial charge is 0.213 e. The summed E-state index contributed by atoms with van der Waals surface area (Å²) in [6.07, 6.45) is 1.47. The van der Waals surface area contributed by atoms with Gasteiger partial charge in [-0.1, -0.05) is 42.5 Å². The summed E-state index contributed by atoms with van der Waals surface area (Å²) < 4.78 is 19.1. The Hall–Kier alpha value is -2.68. The van der Waals surface area contributed by atoms with Crippen LogP contribution >= 0.6 is 0 Å². The molecule has 0 bridgehead atoms. The number of aromatic nitrogens is 1. The minimum absolute atomic E-state index is 0.435. The Kier molecular flexibility index (Phi) is 3.92. The molecule has 0 radical (unpaired) electrons.